The Kier molecular flexibility index (Phi) is 5.11. The molecule has 0 saturated heterocycles. The Hall–Kier alpha value is -0.160. The molecule has 20 heavy (non-hydrogen) atoms. The molecule has 112 valence electrons. The zero-order valence-electron chi connectivity index (χ0n) is 10.7. The summed E-state index contributed by atoms with van der Waals surface area (Å²) < 4.78 is 28.5. The third kappa shape index (κ3) is 4.17. The van der Waals surface area contributed by atoms with Gasteiger partial charge in [0.15, 0.2) is 0 Å². The molecule has 0 aromatic heterocycles. The molecule has 0 unspecified atom stereocenters. The van der Waals surface area contributed by atoms with Crippen LogP contribution in [0.3, 0.4) is 0 Å². The highest BCUT2D eigenvalue weighted by Gasteiger charge is 2.38. The average molecular weight is 358 g/mol. The molecule has 1 aliphatic carbocycles. The van der Waals surface area contributed by atoms with E-state index in [1.807, 2.05) is 0 Å². The molecule has 1 saturated carbocycles. The van der Waals surface area contributed by atoms with Crippen LogP contribution >= 0.6 is 33.9 Å². The summed E-state index contributed by atoms with van der Waals surface area (Å²) >= 11 is 12.0. The first kappa shape index (κ1) is 16.2. The van der Waals surface area contributed by atoms with Gasteiger partial charge in [-0.05, 0) is 25.0 Å². The zero-order valence-corrected chi connectivity index (χ0v) is 13.8. The summed E-state index contributed by atoms with van der Waals surface area (Å²) in [6.45, 7) is 0.277. The Morgan fingerprint density at radius 2 is 1.85 bits per heavy atom. The van der Waals surface area contributed by atoms with Crippen molar-refractivity contribution in [1.29, 1.82) is 0 Å². The van der Waals surface area contributed by atoms with Crippen LogP contribution in [0.2, 0.25) is 10.0 Å². The van der Waals surface area contributed by atoms with Crippen LogP contribution in [0.25, 0.3) is 0 Å². The summed E-state index contributed by atoms with van der Waals surface area (Å²) in [4.78, 5) is 0. The summed E-state index contributed by atoms with van der Waals surface area (Å²) in [5, 5.41) is 0.755. The monoisotopic (exact) mass is 356 g/mol. The number of halogens is 3. The first-order valence-electron chi connectivity index (χ1n) is 6.31. The second kappa shape index (κ2) is 6.30. The molecule has 3 nitrogen and oxygen atoms in total. The molecule has 0 bridgehead atoms. The molecule has 0 N–H and O–H groups in total. The molecule has 0 aliphatic heterocycles. The molecular weight excluding hydrogens is 343 g/mol. The fourth-order valence-corrected chi connectivity index (χ4v) is 4.79. The lowest BCUT2D eigenvalue weighted by atomic mass is 9.90. The van der Waals surface area contributed by atoms with Crippen molar-refractivity contribution in [3.63, 3.8) is 0 Å². The number of hydrogen-bond acceptors (Lipinski definition) is 3. The van der Waals surface area contributed by atoms with Crippen molar-refractivity contribution in [3.05, 3.63) is 28.2 Å². The highest BCUT2D eigenvalue weighted by molar-refractivity contribution is 8.13. The third-order valence-corrected chi connectivity index (χ3v) is 5.68. The van der Waals surface area contributed by atoms with Gasteiger partial charge in [-0.1, -0.05) is 42.1 Å². The van der Waals surface area contributed by atoms with Crippen molar-refractivity contribution in [3.8, 4) is 5.75 Å². The SMILES string of the molecule is O=S(=O)(Cl)CC1(COc2cccc(Cl)c2Cl)CCCC1. The second-order valence-corrected chi connectivity index (χ2v) is 8.79. The van der Waals surface area contributed by atoms with Crippen LogP contribution < -0.4 is 4.74 Å². The van der Waals surface area contributed by atoms with E-state index in [-0.39, 0.29) is 12.4 Å². The first-order chi connectivity index (χ1) is 9.31. The van der Waals surface area contributed by atoms with Gasteiger partial charge in [-0.3, -0.25) is 0 Å². The summed E-state index contributed by atoms with van der Waals surface area (Å²) in [6, 6.07) is 5.13. The maximum absolute atomic E-state index is 11.4. The third-order valence-electron chi connectivity index (χ3n) is 3.59. The predicted molar refractivity (Wildman–Crippen MR) is 82.5 cm³/mol. The van der Waals surface area contributed by atoms with Crippen molar-refractivity contribution in [2.75, 3.05) is 12.4 Å². The quantitative estimate of drug-likeness (QED) is 0.729. The molecule has 0 amide bonds. The van der Waals surface area contributed by atoms with Gasteiger partial charge in [0, 0.05) is 16.1 Å². The van der Waals surface area contributed by atoms with Gasteiger partial charge in [0.25, 0.3) is 0 Å². The molecule has 2 rings (SSSR count). The van der Waals surface area contributed by atoms with E-state index >= 15 is 0 Å². The highest BCUT2D eigenvalue weighted by atomic mass is 35.7. The van der Waals surface area contributed by atoms with Crippen molar-refractivity contribution in [1.82, 2.24) is 0 Å². The Balaban J connectivity index is 2.12. The van der Waals surface area contributed by atoms with Gasteiger partial charge in [-0.25, -0.2) is 8.42 Å². The molecule has 0 radical (unpaired) electrons. The van der Waals surface area contributed by atoms with Gasteiger partial charge in [-0.15, -0.1) is 0 Å². The second-order valence-electron chi connectivity index (χ2n) is 5.23. The van der Waals surface area contributed by atoms with E-state index in [4.69, 9.17) is 38.6 Å². The Bertz CT molecular complexity index is 581. The van der Waals surface area contributed by atoms with Crippen molar-refractivity contribution >= 4 is 42.9 Å². The molecule has 1 aromatic rings. The fourth-order valence-electron chi connectivity index (χ4n) is 2.65. The molecule has 1 aromatic carbocycles. The topological polar surface area (TPSA) is 43.4 Å². The van der Waals surface area contributed by atoms with Crippen LogP contribution in [-0.2, 0) is 9.05 Å². The van der Waals surface area contributed by atoms with Gasteiger partial charge < -0.3 is 4.74 Å². The number of hydrogen-bond donors (Lipinski definition) is 0. The van der Waals surface area contributed by atoms with E-state index < -0.39 is 14.5 Å². The van der Waals surface area contributed by atoms with E-state index in [1.54, 1.807) is 18.2 Å². The van der Waals surface area contributed by atoms with Crippen LogP contribution in [-0.4, -0.2) is 20.8 Å². The highest BCUT2D eigenvalue weighted by Crippen LogP contribution is 2.41. The fraction of sp³-hybridized carbons (Fsp3) is 0.538. The first-order valence-corrected chi connectivity index (χ1v) is 9.54. The van der Waals surface area contributed by atoms with Crippen LogP contribution in [0.5, 0.6) is 5.75 Å². The minimum atomic E-state index is -3.56. The summed E-state index contributed by atoms with van der Waals surface area (Å²) in [5.41, 5.74) is -0.424. The molecule has 0 spiro atoms. The number of rotatable bonds is 5. The summed E-state index contributed by atoms with van der Waals surface area (Å²) in [5.74, 6) is 0.400. The molecule has 1 aliphatic rings. The molecule has 0 heterocycles. The lowest BCUT2D eigenvalue weighted by Crippen LogP contribution is -2.32. The van der Waals surface area contributed by atoms with E-state index in [0.29, 0.717) is 15.8 Å². The van der Waals surface area contributed by atoms with Gasteiger partial charge >= 0.3 is 0 Å². The minimum absolute atomic E-state index is 0.0697. The van der Waals surface area contributed by atoms with Crippen LogP contribution in [0.15, 0.2) is 18.2 Å². The maximum Gasteiger partial charge on any atom is 0.233 e. The molecule has 7 heteroatoms. The van der Waals surface area contributed by atoms with Crippen molar-refractivity contribution < 1.29 is 13.2 Å². The normalized spacial score (nSPS) is 18.1. The van der Waals surface area contributed by atoms with Gasteiger partial charge in [-0.2, -0.15) is 0 Å². The largest absolute Gasteiger partial charge is 0.491 e. The molecule has 1 fully saturated rings. The Morgan fingerprint density at radius 1 is 1.20 bits per heavy atom. The van der Waals surface area contributed by atoms with Crippen molar-refractivity contribution in [2.45, 2.75) is 25.7 Å². The smallest absolute Gasteiger partial charge is 0.233 e. The van der Waals surface area contributed by atoms with Crippen LogP contribution in [0, 0.1) is 5.41 Å². The number of benzene rings is 1. The summed E-state index contributed by atoms with van der Waals surface area (Å²) in [6.07, 6.45) is 3.55. The molecule has 0 atom stereocenters. The number of ether oxygens (including phenoxy) is 1. The van der Waals surface area contributed by atoms with Crippen LogP contribution in [0.1, 0.15) is 25.7 Å². The zero-order chi connectivity index (χ0) is 14.8. The lowest BCUT2D eigenvalue weighted by Gasteiger charge is -2.27. The van der Waals surface area contributed by atoms with E-state index in [0.717, 1.165) is 25.7 Å². The maximum atomic E-state index is 11.4. The van der Waals surface area contributed by atoms with E-state index in [1.165, 1.54) is 0 Å². The standard InChI is InChI=1S/C13H15Cl3O3S/c14-10-4-3-5-11(12(10)15)19-8-13(6-1-2-7-13)9-20(16,17)18/h3-5H,1-2,6-9H2. The van der Waals surface area contributed by atoms with Gasteiger partial charge in [0.2, 0.25) is 9.05 Å². The van der Waals surface area contributed by atoms with Crippen LogP contribution in [0.4, 0.5) is 0 Å². The Labute approximate surface area is 133 Å². The van der Waals surface area contributed by atoms with E-state index in [9.17, 15) is 8.42 Å². The van der Waals surface area contributed by atoms with Gasteiger partial charge in [0.05, 0.1) is 17.4 Å². The average Bonchev–Trinajstić information content (AvgIpc) is 2.78. The van der Waals surface area contributed by atoms with E-state index in [2.05, 4.69) is 0 Å². The van der Waals surface area contributed by atoms with Gasteiger partial charge in [0.1, 0.15) is 10.8 Å². The van der Waals surface area contributed by atoms with Crippen molar-refractivity contribution in [2.24, 2.45) is 5.41 Å². The minimum Gasteiger partial charge on any atom is -0.491 e. The Morgan fingerprint density at radius 3 is 2.45 bits per heavy atom. The molecular formula is C13H15Cl3O3S. The predicted octanol–water partition coefficient (Wildman–Crippen LogP) is 4.50. The summed E-state index contributed by atoms with van der Waals surface area (Å²) in [7, 11) is 1.86. The lowest BCUT2D eigenvalue weighted by molar-refractivity contribution is 0.171.